The summed E-state index contributed by atoms with van der Waals surface area (Å²) in [5.41, 5.74) is 5.75. The van der Waals surface area contributed by atoms with Gasteiger partial charge in [0, 0.05) is 11.0 Å². The molecule has 4 radical (unpaired) electrons. The fourth-order valence-electron chi connectivity index (χ4n) is 2.46. The van der Waals surface area contributed by atoms with Crippen molar-refractivity contribution in [2.45, 2.75) is 6.42 Å². The van der Waals surface area contributed by atoms with Crippen LogP contribution in [0.2, 0.25) is 0 Å². The summed E-state index contributed by atoms with van der Waals surface area (Å²) in [5, 5.41) is 0. The normalized spacial score (nSPS) is 10.4. The van der Waals surface area contributed by atoms with Gasteiger partial charge in [-0.15, -0.1) is 0 Å². The molecule has 0 aliphatic heterocycles. The molecule has 0 N–H and O–H groups in total. The molecular formula is C19H16Si. The van der Waals surface area contributed by atoms with Crippen LogP contribution in [0, 0.1) is 0 Å². The number of hydrogen-bond acceptors (Lipinski definition) is 0. The van der Waals surface area contributed by atoms with Crippen LogP contribution in [-0.2, 0) is 6.42 Å². The average Bonchev–Trinajstić information content (AvgIpc) is 2.88. The Morgan fingerprint density at radius 1 is 0.450 bits per heavy atom. The SMILES string of the molecule is [Si].c1ccc2c(c1)Cc1ccccc1-2.c1ccccc1. The number of fused-ring (bicyclic) bond motifs is 3. The van der Waals surface area contributed by atoms with Gasteiger partial charge in [0.25, 0.3) is 0 Å². The van der Waals surface area contributed by atoms with E-state index in [9.17, 15) is 0 Å². The highest BCUT2D eigenvalue weighted by Crippen LogP contribution is 2.35. The van der Waals surface area contributed by atoms with Crippen LogP contribution in [0.1, 0.15) is 11.1 Å². The minimum absolute atomic E-state index is 0. The first-order chi connectivity index (χ1) is 9.45. The van der Waals surface area contributed by atoms with Gasteiger partial charge >= 0.3 is 0 Å². The molecule has 0 unspecified atom stereocenters. The maximum Gasteiger partial charge on any atom is 0 e. The van der Waals surface area contributed by atoms with E-state index in [0.29, 0.717) is 0 Å². The Balaban J connectivity index is 0.000000180. The zero-order valence-corrected chi connectivity index (χ0v) is 12.3. The first-order valence-electron chi connectivity index (χ1n) is 6.61. The summed E-state index contributed by atoms with van der Waals surface area (Å²) in [6.45, 7) is 0. The van der Waals surface area contributed by atoms with Gasteiger partial charge in [0.2, 0.25) is 0 Å². The number of benzene rings is 3. The van der Waals surface area contributed by atoms with Crippen molar-refractivity contribution in [1.29, 1.82) is 0 Å². The lowest BCUT2D eigenvalue weighted by Crippen LogP contribution is -1.77. The monoisotopic (exact) mass is 272 g/mol. The molecule has 1 aliphatic rings. The molecule has 3 aromatic carbocycles. The minimum atomic E-state index is 0. The zero-order chi connectivity index (χ0) is 12.9. The lowest BCUT2D eigenvalue weighted by molar-refractivity contribution is 1.26. The summed E-state index contributed by atoms with van der Waals surface area (Å²) in [6.07, 6.45) is 1.10. The first-order valence-corrected chi connectivity index (χ1v) is 6.61. The van der Waals surface area contributed by atoms with Crippen LogP contribution in [0.25, 0.3) is 11.1 Å². The van der Waals surface area contributed by atoms with Crippen LogP contribution in [0.5, 0.6) is 0 Å². The second kappa shape index (κ2) is 6.87. The van der Waals surface area contributed by atoms with Crippen molar-refractivity contribution < 1.29 is 0 Å². The zero-order valence-electron chi connectivity index (χ0n) is 11.3. The lowest BCUT2D eigenvalue weighted by atomic mass is 10.1. The molecule has 0 fully saturated rings. The molecule has 0 saturated carbocycles. The molecular weight excluding hydrogens is 256 g/mol. The van der Waals surface area contributed by atoms with E-state index in [-0.39, 0.29) is 11.0 Å². The summed E-state index contributed by atoms with van der Waals surface area (Å²) < 4.78 is 0. The first kappa shape index (κ1) is 14.3. The number of rotatable bonds is 0. The lowest BCUT2D eigenvalue weighted by Gasteiger charge is -1.98. The largest absolute Gasteiger partial charge is 0.0623 e. The summed E-state index contributed by atoms with van der Waals surface area (Å²) in [6, 6.07) is 29.3. The van der Waals surface area contributed by atoms with E-state index >= 15 is 0 Å². The Hall–Kier alpha value is -2.12. The highest BCUT2D eigenvalue weighted by molar-refractivity contribution is 5.76. The van der Waals surface area contributed by atoms with Gasteiger partial charge < -0.3 is 0 Å². The molecule has 0 aromatic heterocycles. The van der Waals surface area contributed by atoms with Crippen LogP contribution >= 0.6 is 0 Å². The molecule has 0 saturated heterocycles. The summed E-state index contributed by atoms with van der Waals surface area (Å²) in [5.74, 6) is 0. The third-order valence-electron chi connectivity index (χ3n) is 3.37. The molecule has 4 rings (SSSR count). The standard InChI is InChI=1S/C13H10.C6H6.Si/c1-3-7-12-10(5-1)9-11-6-2-4-8-13(11)12;1-2-4-6-5-3-1;/h1-8H,9H2;1-6H;. The van der Waals surface area contributed by atoms with Crippen LogP contribution in [0.3, 0.4) is 0 Å². The topological polar surface area (TPSA) is 0 Å². The Labute approximate surface area is 125 Å². The van der Waals surface area contributed by atoms with Gasteiger partial charge in [0.15, 0.2) is 0 Å². The van der Waals surface area contributed by atoms with E-state index in [2.05, 4.69) is 48.5 Å². The van der Waals surface area contributed by atoms with Crippen LogP contribution in [-0.4, -0.2) is 11.0 Å². The Morgan fingerprint density at radius 3 is 1.20 bits per heavy atom. The maximum atomic E-state index is 2.22. The van der Waals surface area contributed by atoms with Crippen molar-refractivity contribution in [3.63, 3.8) is 0 Å². The van der Waals surface area contributed by atoms with Gasteiger partial charge in [-0.1, -0.05) is 84.9 Å². The molecule has 20 heavy (non-hydrogen) atoms. The Bertz CT molecular complexity index is 589. The second-order valence-corrected chi connectivity index (χ2v) is 4.65. The van der Waals surface area contributed by atoms with E-state index < -0.39 is 0 Å². The maximum absolute atomic E-state index is 2.22. The molecule has 0 amide bonds. The van der Waals surface area contributed by atoms with Crippen molar-refractivity contribution in [3.8, 4) is 11.1 Å². The summed E-state index contributed by atoms with van der Waals surface area (Å²) >= 11 is 0. The van der Waals surface area contributed by atoms with Crippen molar-refractivity contribution >= 4 is 11.0 Å². The molecule has 0 atom stereocenters. The molecule has 1 aliphatic carbocycles. The van der Waals surface area contributed by atoms with E-state index in [1.54, 1.807) is 0 Å². The number of hydrogen-bond donors (Lipinski definition) is 0. The molecule has 0 bridgehead atoms. The van der Waals surface area contributed by atoms with Crippen molar-refractivity contribution in [2.24, 2.45) is 0 Å². The van der Waals surface area contributed by atoms with Crippen LogP contribution in [0.4, 0.5) is 0 Å². The quantitative estimate of drug-likeness (QED) is 0.412. The minimum Gasteiger partial charge on any atom is -0.0623 e. The molecule has 0 nitrogen and oxygen atoms in total. The van der Waals surface area contributed by atoms with Gasteiger partial charge in [-0.25, -0.2) is 0 Å². The fourth-order valence-corrected chi connectivity index (χ4v) is 2.46. The highest BCUT2D eigenvalue weighted by Gasteiger charge is 2.15. The van der Waals surface area contributed by atoms with Gasteiger partial charge in [-0.05, 0) is 28.7 Å². The molecule has 96 valence electrons. The van der Waals surface area contributed by atoms with Crippen molar-refractivity contribution in [2.75, 3.05) is 0 Å². The van der Waals surface area contributed by atoms with Gasteiger partial charge in [0.05, 0.1) is 0 Å². The predicted molar refractivity (Wildman–Crippen MR) is 86.9 cm³/mol. The molecule has 1 heteroatoms. The van der Waals surface area contributed by atoms with Gasteiger partial charge in [-0.3, -0.25) is 0 Å². The Morgan fingerprint density at radius 2 is 0.800 bits per heavy atom. The van der Waals surface area contributed by atoms with Crippen molar-refractivity contribution in [1.82, 2.24) is 0 Å². The van der Waals surface area contributed by atoms with Gasteiger partial charge in [0.1, 0.15) is 0 Å². The predicted octanol–water partition coefficient (Wildman–Crippen LogP) is 4.56. The average molecular weight is 272 g/mol. The Kier molecular flexibility index (Phi) is 4.91. The van der Waals surface area contributed by atoms with Gasteiger partial charge in [-0.2, -0.15) is 0 Å². The van der Waals surface area contributed by atoms with Crippen molar-refractivity contribution in [3.05, 3.63) is 96.1 Å². The summed E-state index contributed by atoms with van der Waals surface area (Å²) in [4.78, 5) is 0. The fraction of sp³-hybridized carbons (Fsp3) is 0.0526. The van der Waals surface area contributed by atoms with Crippen LogP contribution < -0.4 is 0 Å². The highest BCUT2D eigenvalue weighted by atomic mass is 28.1. The molecule has 0 spiro atoms. The van der Waals surface area contributed by atoms with E-state index in [1.165, 1.54) is 22.3 Å². The third-order valence-corrected chi connectivity index (χ3v) is 3.37. The van der Waals surface area contributed by atoms with E-state index in [4.69, 9.17) is 0 Å². The third kappa shape index (κ3) is 3.06. The summed E-state index contributed by atoms with van der Waals surface area (Å²) in [7, 11) is 0. The van der Waals surface area contributed by atoms with E-state index in [1.807, 2.05) is 36.4 Å². The molecule has 3 aromatic rings. The smallest absolute Gasteiger partial charge is 0 e. The molecule has 0 heterocycles. The van der Waals surface area contributed by atoms with Crippen LogP contribution in [0.15, 0.2) is 84.9 Å². The second-order valence-electron chi connectivity index (χ2n) is 4.65. The van der Waals surface area contributed by atoms with E-state index in [0.717, 1.165) is 6.42 Å².